The summed E-state index contributed by atoms with van der Waals surface area (Å²) in [5, 5.41) is 0.585. The van der Waals surface area contributed by atoms with Crippen LogP contribution in [-0.4, -0.2) is 50.3 Å². The first-order valence-electron chi connectivity index (χ1n) is 7.35. The highest BCUT2D eigenvalue weighted by Crippen LogP contribution is 2.26. The molecule has 0 bridgehead atoms. The summed E-state index contributed by atoms with van der Waals surface area (Å²) >= 11 is 5.82. The molecule has 2 rings (SSSR count). The molecule has 0 radical (unpaired) electrons. The van der Waals surface area contributed by atoms with Crippen molar-refractivity contribution < 1.29 is 8.42 Å². The molecule has 0 saturated carbocycles. The summed E-state index contributed by atoms with van der Waals surface area (Å²) in [6, 6.07) is 3.85. The third-order valence-electron chi connectivity index (χ3n) is 3.93. The molecule has 6 heteroatoms. The highest BCUT2D eigenvalue weighted by molar-refractivity contribution is 7.89. The van der Waals surface area contributed by atoms with E-state index in [2.05, 4.69) is 11.5 Å². The van der Waals surface area contributed by atoms with Crippen LogP contribution in [0.3, 0.4) is 0 Å². The first kappa shape index (κ1) is 17.5. The Kier molecular flexibility index (Phi) is 5.33. The molecule has 1 aromatic rings. The lowest BCUT2D eigenvalue weighted by Crippen LogP contribution is -2.49. The zero-order chi connectivity index (χ0) is 16.5. The SMILES string of the molecule is C=C(Cl)CN1CCN(S(=O)(=O)c2c(C)cc(C)cc2C)CC1. The molecule has 1 saturated heterocycles. The monoisotopic (exact) mass is 342 g/mol. The molecule has 0 unspecified atom stereocenters. The highest BCUT2D eigenvalue weighted by Gasteiger charge is 2.30. The van der Waals surface area contributed by atoms with Gasteiger partial charge in [-0.3, -0.25) is 4.90 Å². The molecule has 1 heterocycles. The van der Waals surface area contributed by atoms with Crippen molar-refractivity contribution >= 4 is 21.6 Å². The van der Waals surface area contributed by atoms with E-state index >= 15 is 0 Å². The van der Waals surface area contributed by atoms with Gasteiger partial charge < -0.3 is 0 Å². The van der Waals surface area contributed by atoms with Gasteiger partial charge in [-0.25, -0.2) is 8.42 Å². The molecule has 1 fully saturated rings. The number of rotatable bonds is 4. The van der Waals surface area contributed by atoms with Gasteiger partial charge in [-0.1, -0.05) is 35.9 Å². The fourth-order valence-electron chi connectivity index (χ4n) is 3.07. The van der Waals surface area contributed by atoms with Crippen molar-refractivity contribution in [2.45, 2.75) is 25.7 Å². The molecule has 122 valence electrons. The van der Waals surface area contributed by atoms with E-state index in [1.807, 2.05) is 32.9 Å². The van der Waals surface area contributed by atoms with Crippen LogP contribution in [0.4, 0.5) is 0 Å². The first-order valence-corrected chi connectivity index (χ1v) is 9.17. The van der Waals surface area contributed by atoms with Crippen LogP contribution in [0.25, 0.3) is 0 Å². The molecule has 1 aromatic carbocycles. The fourth-order valence-corrected chi connectivity index (χ4v) is 5.08. The first-order chi connectivity index (χ1) is 10.2. The van der Waals surface area contributed by atoms with Gasteiger partial charge in [0.05, 0.1) is 4.90 Å². The van der Waals surface area contributed by atoms with Gasteiger partial charge >= 0.3 is 0 Å². The lowest BCUT2D eigenvalue weighted by Gasteiger charge is -2.34. The Balaban J connectivity index is 2.21. The van der Waals surface area contributed by atoms with Gasteiger partial charge in [0.15, 0.2) is 0 Å². The van der Waals surface area contributed by atoms with Crippen molar-refractivity contribution in [1.29, 1.82) is 0 Å². The quantitative estimate of drug-likeness (QED) is 0.844. The molecule has 0 spiro atoms. The lowest BCUT2D eigenvalue weighted by molar-refractivity contribution is 0.203. The third kappa shape index (κ3) is 3.71. The van der Waals surface area contributed by atoms with Crippen molar-refractivity contribution in [2.24, 2.45) is 0 Å². The summed E-state index contributed by atoms with van der Waals surface area (Å²) in [6.07, 6.45) is 0. The average molecular weight is 343 g/mol. The van der Waals surface area contributed by atoms with Gasteiger partial charge in [-0.05, 0) is 31.9 Å². The summed E-state index contributed by atoms with van der Waals surface area (Å²) in [7, 11) is -3.44. The van der Waals surface area contributed by atoms with E-state index in [0.29, 0.717) is 42.7 Å². The van der Waals surface area contributed by atoms with Crippen molar-refractivity contribution in [2.75, 3.05) is 32.7 Å². The van der Waals surface area contributed by atoms with Crippen LogP contribution in [0.5, 0.6) is 0 Å². The number of halogens is 1. The standard InChI is InChI=1S/C16H23ClN2O2S/c1-12-9-13(2)16(14(3)10-12)22(20,21)19-7-5-18(6-8-19)11-15(4)17/h9-10H,4-8,11H2,1-3H3. The summed E-state index contributed by atoms with van der Waals surface area (Å²) in [5.74, 6) is 0. The smallest absolute Gasteiger partial charge is 0.243 e. The Morgan fingerprint density at radius 2 is 1.64 bits per heavy atom. The van der Waals surface area contributed by atoms with Gasteiger partial charge in [0.2, 0.25) is 10.0 Å². The molecule has 0 aliphatic carbocycles. The number of nitrogens with zero attached hydrogens (tertiary/aromatic N) is 2. The van der Waals surface area contributed by atoms with Crippen LogP contribution < -0.4 is 0 Å². The second-order valence-corrected chi connectivity index (χ2v) is 8.33. The van der Waals surface area contributed by atoms with E-state index in [1.54, 1.807) is 4.31 Å². The van der Waals surface area contributed by atoms with E-state index in [1.165, 1.54) is 0 Å². The minimum Gasteiger partial charge on any atom is -0.296 e. The Morgan fingerprint density at radius 3 is 2.09 bits per heavy atom. The van der Waals surface area contributed by atoms with E-state index in [-0.39, 0.29) is 0 Å². The van der Waals surface area contributed by atoms with Gasteiger partial charge in [-0.15, -0.1) is 0 Å². The van der Waals surface area contributed by atoms with Crippen LogP contribution in [0.15, 0.2) is 28.6 Å². The zero-order valence-electron chi connectivity index (χ0n) is 13.4. The van der Waals surface area contributed by atoms with Crippen LogP contribution in [0.1, 0.15) is 16.7 Å². The summed E-state index contributed by atoms with van der Waals surface area (Å²) in [5.41, 5.74) is 2.71. The molecule has 0 N–H and O–H groups in total. The fraction of sp³-hybridized carbons (Fsp3) is 0.500. The molecule has 0 amide bonds. The predicted octanol–water partition coefficient (Wildman–Crippen LogP) is 2.67. The van der Waals surface area contributed by atoms with E-state index in [0.717, 1.165) is 16.7 Å². The lowest BCUT2D eigenvalue weighted by atomic mass is 10.1. The maximum Gasteiger partial charge on any atom is 0.243 e. The number of aryl methyl sites for hydroxylation is 3. The van der Waals surface area contributed by atoms with Gasteiger partial charge in [0.1, 0.15) is 0 Å². The van der Waals surface area contributed by atoms with Crippen LogP contribution in [0, 0.1) is 20.8 Å². The van der Waals surface area contributed by atoms with Gasteiger partial charge in [0.25, 0.3) is 0 Å². The normalized spacial score (nSPS) is 17.6. The number of hydrogen-bond donors (Lipinski definition) is 0. The maximum atomic E-state index is 12.9. The summed E-state index contributed by atoms with van der Waals surface area (Å²) < 4.78 is 27.4. The van der Waals surface area contributed by atoms with E-state index in [9.17, 15) is 8.42 Å². The summed E-state index contributed by atoms with van der Waals surface area (Å²) in [6.45, 7) is 12.3. The Hall–Kier alpha value is -0.880. The van der Waals surface area contributed by atoms with Crippen LogP contribution >= 0.6 is 11.6 Å². The Bertz CT molecular complexity index is 654. The van der Waals surface area contributed by atoms with Crippen molar-refractivity contribution in [3.8, 4) is 0 Å². The second-order valence-electron chi connectivity index (χ2n) is 5.93. The minimum absolute atomic E-state index is 0.452. The maximum absolute atomic E-state index is 12.9. The molecule has 1 aliphatic rings. The largest absolute Gasteiger partial charge is 0.296 e. The third-order valence-corrected chi connectivity index (χ3v) is 6.25. The van der Waals surface area contributed by atoms with Crippen molar-refractivity contribution in [3.05, 3.63) is 40.4 Å². The molecule has 0 aromatic heterocycles. The number of sulfonamides is 1. The summed E-state index contributed by atoms with van der Waals surface area (Å²) in [4.78, 5) is 2.57. The Morgan fingerprint density at radius 1 is 1.14 bits per heavy atom. The number of benzene rings is 1. The highest BCUT2D eigenvalue weighted by atomic mass is 35.5. The molecule has 1 aliphatic heterocycles. The number of piperazine rings is 1. The number of hydrogen-bond acceptors (Lipinski definition) is 3. The van der Waals surface area contributed by atoms with Crippen molar-refractivity contribution in [3.63, 3.8) is 0 Å². The predicted molar refractivity (Wildman–Crippen MR) is 90.8 cm³/mol. The van der Waals surface area contributed by atoms with E-state index < -0.39 is 10.0 Å². The molecule has 0 atom stereocenters. The Labute approximate surface area is 138 Å². The van der Waals surface area contributed by atoms with Crippen LogP contribution in [0.2, 0.25) is 0 Å². The van der Waals surface area contributed by atoms with Crippen LogP contribution in [-0.2, 0) is 10.0 Å². The molecular formula is C16H23ClN2O2S. The van der Waals surface area contributed by atoms with Gasteiger partial charge in [-0.2, -0.15) is 4.31 Å². The topological polar surface area (TPSA) is 40.6 Å². The van der Waals surface area contributed by atoms with Crippen molar-refractivity contribution in [1.82, 2.24) is 9.21 Å². The minimum atomic E-state index is -3.44. The molecular weight excluding hydrogens is 320 g/mol. The van der Waals surface area contributed by atoms with Gasteiger partial charge in [0, 0.05) is 37.8 Å². The molecule has 4 nitrogen and oxygen atoms in total. The zero-order valence-corrected chi connectivity index (χ0v) is 15.0. The average Bonchev–Trinajstić information content (AvgIpc) is 2.36. The second kappa shape index (κ2) is 6.71. The van der Waals surface area contributed by atoms with E-state index in [4.69, 9.17) is 11.6 Å². The molecule has 22 heavy (non-hydrogen) atoms.